The van der Waals surface area contributed by atoms with Crippen molar-refractivity contribution >= 4 is 29.6 Å². The molecule has 1 N–H and O–H groups in total. The normalized spacial score (nSPS) is 15.4. The van der Waals surface area contributed by atoms with Gasteiger partial charge in [0.05, 0.1) is 24.8 Å². The van der Waals surface area contributed by atoms with Gasteiger partial charge in [-0.1, -0.05) is 30.9 Å². The fourth-order valence-corrected chi connectivity index (χ4v) is 3.51. The van der Waals surface area contributed by atoms with Crippen LogP contribution in [0.25, 0.3) is 6.08 Å². The molecular weight excluding hydrogens is 396 g/mol. The summed E-state index contributed by atoms with van der Waals surface area (Å²) >= 11 is 6.17. The molecule has 1 saturated carbocycles. The van der Waals surface area contributed by atoms with Gasteiger partial charge in [0, 0.05) is 6.08 Å². The van der Waals surface area contributed by atoms with Gasteiger partial charge in [-0.25, -0.2) is 4.79 Å². The van der Waals surface area contributed by atoms with Crippen molar-refractivity contribution in [2.45, 2.75) is 44.6 Å². The number of benzene rings is 1. The van der Waals surface area contributed by atoms with Crippen molar-refractivity contribution in [3.63, 3.8) is 0 Å². The average Bonchev–Trinajstić information content (AvgIpc) is 2.71. The molecule has 0 atom stereocenters. The van der Waals surface area contributed by atoms with Crippen LogP contribution in [0.15, 0.2) is 18.2 Å². The Morgan fingerprint density at radius 3 is 2.66 bits per heavy atom. The second-order valence-corrected chi connectivity index (χ2v) is 7.12. The number of carbonyl (C=O) groups excluding carboxylic acids is 2. The fraction of sp³-hybridized carbons (Fsp3) is 0.476. The second-order valence-electron chi connectivity index (χ2n) is 6.71. The number of hydrogen-bond donors (Lipinski definition) is 1. The average molecular weight is 421 g/mol. The van der Waals surface area contributed by atoms with Gasteiger partial charge >= 0.3 is 5.97 Å². The summed E-state index contributed by atoms with van der Waals surface area (Å²) in [6.45, 7) is 1.82. The number of hydrogen-bond acceptors (Lipinski definition) is 6. The van der Waals surface area contributed by atoms with Gasteiger partial charge in [0.25, 0.3) is 5.91 Å². The molecule has 0 bridgehead atoms. The number of methoxy groups -OCH3 is 1. The first-order chi connectivity index (χ1) is 13.9. The lowest BCUT2D eigenvalue weighted by Crippen LogP contribution is -2.49. The van der Waals surface area contributed by atoms with E-state index in [9.17, 15) is 14.9 Å². The zero-order chi connectivity index (χ0) is 21.3. The molecule has 2 rings (SSSR count). The number of carbonyl (C=O) groups is 2. The Kier molecular flexibility index (Phi) is 8.34. The molecular formula is C21H25ClN2O5. The van der Waals surface area contributed by atoms with E-state index in [0.29, 0.717) is 41.5 Å². The van der Waals surface area contributed by atoms with Gasteiger partial charge in [-0.15, -0.1) is 0 Å². The summed E-state index contributed by atoms with van der Waals surface area (Å²) in [5.74, 6) is -0.288. The smallest absolute Gasteiger partial charge is 0.331 e. The molecule has 1 fully saturated rings. The molecule has 0 unspecified atom stereocenters. The molecule has 1 aliphatic rings. The molecule has 0 aromatic heterocycles. The quantitative estimate of drug-likeness (QED) is 0.509. The number of ether oxygens (including phenoxy) is 3. The highest BCUT2D eigenvalue weighted by molar-refractivity contribution is 6.32. The van der Waals surface area contributed by atoms with Crippen LogP contribution in [0.4, 0.5) is 0 Å². The van der Waals surface area contributed by atoms with Crippen LogP contribution in [0.2, 0.25) is 5.02 Å². The summed E-state index contributed by atoms with van der Waals surface area (Å²) in [6, 6.07) is 5.50. The Hall–Kier alpha value is -2.72. The van der Waals surface area contributed by atoms with E-state index >= 15 is 0 Å². The molecule has 156 valence electrons. The number of halogens is 1. The highest BCUT2D eigenvalue weighted by Crippen LogP contribution is 2.36. The number of nitrogens with one attached hydrogen (secondary N) is 1. The SMILES string of the molecule is CCOc1cc(/C=C/C(=O)OCC(=O)NC2(C#N)CCCCC2)cc(Cl)c1OC. The van der Waals surface area contributed by atoms with Crippen LogP contribution in [0.5, 0.6) is 11.5 Å². The number of esters is 1. The predicted molar refractivity (Wildman–Crippen MR) is 109 cm³/mol. The first kappa shape index (κ1) is 22.6. The van der Waals surface area contributed by atoms with E-state index in [1.54, 1.807) is 12.1 Å². The first-order valence-electron chi connectivity index (χ1n) is 9.50. The highest BCUT2D eigenvalue weighted by atomic mass is 35.5. The molecule has 1 aliphatic carbocycles. The Bertz CT molecular complexity index is 810. The van der Waals surface area contributed by atoms with E-state index in [0.717, 1.165) is 19.3 Å². The zero-order valence-electron chi connectivity index (χ0n) is 16.6. The van der Waals surface area contributed by atoms with Crippen molar-refractivity contribution < 1.29 is 23.8 Å². The largest absolute Gasteiger partial charge is 0.491 e. The standard InChI is InChI=1S/C21H25ClN2O5/c1-3-28-17-12-15(11-16(22)20(17)27-2)7-8-19(26)29-13-18(25)24-21(14-23)9-5-4-6-10-21/h7-8,11-12H,3-6,9-10,13H2,1-2H3,(H,24,25)/b8-7+. The minimum absolute atomic E-state index is 0.347. The molecule has 0 spiro atoms. The summed E-state index contributed by atoms with van der Waals surface area (Å²) in [5, 5.41) is 12.4. The van der Waals surface area contributed by atoms with Crippen LogP contribution in [-0.2, 0) is 14.3 Å². The Balaban J connectivity index is 1.92. The molecule has 1 aromatic carbocycles. The topological polar surface area (TPSA) is 97.6 Å². The van der Waals surface area contributed by atoms with Gasteiger partial charge in [-0.3, -0.25) is 4.79 Å². The van der Waals surface area contributed by atoms with E-state index in [2.05, 4.69) is 11.4 Å². The molecule has 1 amide bonds. The Labute approximate surface area is 175 Å². The third-order valence-corrected chi connectivity index (χ3v) is 4.87. The summed E-state index contributed by atoms with van der Waals surface area (Å²) < 4.78 is 15.7. The van der Waals surface area contributed by atoms with Crippen molar-refractivity contribution in [2.24, 2.45) is 0 Å². The van der Waals surface area contributed by atoms with Crippen LogP contribution in [-0.4, -0.2) is 37.7 Å². The maximum Gasteiger partial charge on any atom is 0.331 e. The van der Waals surface area contributed by atoms with E-state index < -0.39 is 24.0 Å². The van der Waals surface area contributed by atoms with E-state index in [-0.39, 0.29) is 0 Å². The van der Waals surface area contributed by atoms with Gasteiger partial charge in [0.1, 0.15) is 5.54 Å². The van der Waals surface area contributed by atoms with Crippen LogP contribution in [0, 0.1) is 11.3 Å². The predicted octanol–water partition coefficient (Wildman–Crippen LogP) is 3.65. The van der Waals surface area contributed by atoms with Crippen molar-refractivity contribution in [1.82, 2.24) is 5.32 Å². The van der Waals surface area contributed by atoms with Gasteiger partial charge in [-0.2, -0.15) is 5.26 Å². The minimum atomic E-state index is -0.854. The van der Waals surface area contributed by atoms with Gasteiger partial charge in [-0.05, 0) is 43.5 Å². The minimum Gasteiger partial charge on any atom is -0.491 e. The molecule has 1 aromatic rings. The summed E-state index contributed by atoms with van der Waals surface area (Å²) in [6.07, 6.45) is 6.77. The molecule has 7 nitrogen and oxygen atoms in total. The van der Waals surface area contributed by atoms with E-state index in [4.69, 9.17) is 25.8 Å². The number of nitrogens with zero attached hydrogens (tertiary/aromatic N) is 1. The number of rotatable bonds is 8. The summed E-state index contributed by atoms with van der Waals surface area (Å²) in [5.41, 5.74) is -0.237. The lowest BCUT2D eigenvalue weighted by atomic mass is 9.83. The molecule has 8 heteroatoms. The Morgan fingerprint density at radius 2 is 2.03 bits per heavy atom. The van der Waals surface area contributed by atoms with E-state index in [1.807, 2.05) is 6.92 Å². The molecule has 0 heterocycles. The molecule has 0 aliphatic heterocycles. The lowest BCUT2D eigenvalue weighted by molar-refractivity contribution is -0.144. The van der Waals surface area contributed by atoms with Crippen molar-refractivity contribution in [3.8, 4) is 17.6 Å². The van der Waals surface area contributed by atoms with Gasteiger partial charge < -0.3 is 19.5 Å². The Morgan fingerprint density at radius 1 is 1.31 bits per heavy atom. The number of nitriles is 1. The van der Waals surface area contributed by atoms with Crippen molar-refractivity contribution in [3.05, 3.63) is 28.8 Å². The fourth-order valence-electron chi connectivity index (χ4n) is 3.22. The first-order valence-corrected chi connectivity index (χ1v) is 9.88. The van der Waals surface area contributed by atoms with Gasteiger partial charge in [0.15, 0.2) is 18.1 Å². The molecule has 29 heavy (non-hydrogen) atoms. The van der Waals surface area contributed by atoms with E-state index in [1.165, 1.54) is 19.3 Å². The van der Waals surface area contributed by atoms with Gasteiger partial charge in [0.2, 0.25) is 0 Å². The van der Waals surface area contributed by atoms with Crippen LogP contribution >= 0.6 is 11.6 Å². The molecule has 0 radical (unpaired) electrons. The molecule has 0 saturated heterocycles. The third kappa shape index (κ3) is 6.40. The summed E-state index contributed by atoms with van der Waals surface area (Å²) in [4.78, 5) is 24.0. The van der Waals surface area contributed by atoms with Crippen molar-refractivity contribution in [2.75, 3.05) is 20.3 Å². The van der Waals surface area contributed by atoms with Crippen LogP contribution in [0.1, 0.15) is 44.6 Å². The zero-order valence-corrected chi connectivity index (χ0v) is 17.4. The maximum atomic E-state index is 12.1. The highest BCUT2D eigenvalue weighted by Gasteiger charge is 2.33. The van der Waals surface area contributed by atoms with Crippen LogP contribution < -0.4 is 14.8 Å². The van der Waals surface area contributed by atoms with Crippen LogP contribution in [0.3, 0.4) is 0 Å². The summed E-state index contributed by atoms with van der Waals surface area (Å²) in [7, 11) is 1.49. The number of amides is 1. The second kappa shape index (κ2) is 10.7. The third-order valence-electron chi connectivity index (χ3n) is 4.59. The monoisotopic (exact) mass is 420 g/mol. The van der Waals surface area contributed by atoms with Crippen molar-refractivity contribution in [1.29, 1.82) is 5.26 Å². The lowest BCUT2D eigenvalue weighted by Gasteiger charge is -2.31. The maximum absolute atomic E-state index is 12.1.